The number of carbonyl (C=O) groups excluding carboxylic acids is 1. The summed E-state index contributed by atoms with van der Waals surface area (Å²) >= 11 is 0. The maximum atomic E-state index is 14.1. The van der Waals surface area contributed by atoms with Gasteiger partial charge in [0.25, 0.3) is 0 Å². The number of carbonyl (C=O) groups is 1. The van der Waals surface area contributed by atoms with Gasteiger partial charge in [0, 0.05) is 70.4 Å². The number of aromatic amines is 1. The molecule has 5 nitrogen and oxygen atoms in total. The topological polar surface area (TPSA) is 63.1 Å². The summed E-state index contributed by atoms with van der Waals surface area (Å²) in [4.78, 5) is 23.1. The van der Waals surface area contributed by atoms with Crippen molar-refractivity contribution in [3.05, 3.63) is 57.9 Å². The summed E-state index contributed by atoms with van der Waals surface area (Å²) in [7, 11) is 0. The molecule has 6 rings (SSSR count). The molecule has 0 unspecified atom stereocenters. The van der Waals surface area contributed by atoms with Gasteiger partial charge in [-0.25, -0.2) is 0 Å². The van der Waals surface area contributed by atoms with Crippen LogP contribution in [0.3, 0.4) is 0 Å². The molecule has 0 spiro atoms. The molecule has 1 aromatic carbocycles. The normalized spacial score (nSPS) is 26.5. The van der Waals surface area contributed by atoms with Crippen molar-refractivity contribution in [2.75, 3.05) is 26.2 Å². The van der Waals surface area contributed by atoms with Crippen molar-refractivity contribution in [2.24, 2.45) is 5.41 Å². The van der Waals surface area contributed by atoms with E-state index in [0.29, 0.717) is 11.1 Å². The summed E-state index contributed by atoms with van der Waals surface area (Å²) in [5, 5.41) is 10.3. The van der Waals surface area contributed by atoms with Gasteiger partial charge < -0.3 is 9.88 Å². The van der Waals surface area contributed by atoms with Crippen molar-refractivity contribution in [3.63, 3.8) is 0 Å². The van der Waals surface area contributed by atoms with Crippen molar-refractivity contribution >= 4 is 16.7 Å². The standard InChI is InChI=1S/C33H42N4O/c1-6-11-33(12-8-13-33)37-16-14-36(15-17-37)27-19-25-24(20-32(27,5)7-2)29(38)28-23-10-9-22(21-34)18-26(23)35-30(28)31(25,3)4/h9-10,18-19,35H,6-8,11-17,20H2,1-5H3/t32-/m0/s1. The van der Waals surface area contributed by atoms with E-state index in [1.807, 2.05) is 18.2 Å². The molecule has 1 saturated heterocycles. The van der Waals surface area contributed by atoms with Crippen molar-refractivity contribution < 1.29 is 4.79 Å². The van der Waals surface area contributed by atoms with Gasteiger partial charge in [-0.3, -0.25) is 9.69 Å². The minimum absolute atomic E-state index is 0.0537. The second-order valence-corrected chi connectivity index (χ2v) is 13.0. The van der Waals surface area contributed by atoms with E-state index in [1.54, 1.807) is 0 Å². The van der Waals surface area contributed by atoms with Gasteiger partial charge >= 0.3 is 0 Å². The smallest absolute Gasteiger partial charge is 0.191 e. The highest BCUT2D eigenvalue weighted by Gasteiger charge is 2.48. The number of H-pyrrole nitrogens is 1. The molecule has 2 fully saturated rings. The molecule has 1 atom stereocenters. The van der Waals surface area contributed by atoms with Crippen LogP contribution in [0, 0.1) is 16.7 Å². The maximum absolute atomic E-state index is 14.1. The van der Waals surface area contributed by atoms with E-state index in [9.17, 15) is 10.1 Å². The molecule has 0 amide bonds. The fourth-order valence-corrected chi connectivity index (χ4v) is 7.97. The molecule has 2 aromatic rings. The van der Waals surface area contributed by atoms with Crippen molar-refractivity contribution in [1.82, 2.24) is 14.8 Å². The molecular formula is C33H42N4O. The Hall–Kier alpha value is -2.84. The first kappa shape index (κ1) is 25.4. The molecule has 1 saturated carbocycles. The van der Waals surface area contributed by atoms with Gasteiger partial charge in [-0.2, -0.15) is 5.26 Å². The predicted octanol–water partition coefficient (Wildman–Crippen LogP) is 6.85. The van der Waals surface area contributed by atoms with Crippen LogP contribution in [-0.4, -0.2) is 52.3 Å². The molecule has 0 radical (unpaired) electrons. The molecule has 4 aliphatic rings. The number of nitrogens with zero attached hydrogens (tertiary/aromatic N) is 3. The second-order valence-electron chi connectivity index (χ2n) is 13.0. The number of benzene rings is 1. The number of ketones is 1. The third-order valence-corrected chi connectivity index (χ3v) is 10.6. The number of rotatable bonds is 5. The third kappa shape index (κ3) is 3.56. The monoisotopic (exact) mass is 510 g/mol. The molecule has 1 N–H and O–H groups in total. The molecule has 38 heavy (non-hydrogen) atoms. The SMILES string of the molecule is CCCC1(N2CCN(C3=CC4=C(C[C@]3(C)CC)C(=O)c3c([nH]c5cc(C#N)ccc35)C4(C)C)CC2)CCC1. The summed E-state index contributed by atoms with van der Waals surface area (Å²) < 4.78 is 0. The molecule has 2 heterocycles. The first-order chi connectivity index (χ1) is 18.2. The number of nitrogens with one attached hydrogen (secondary N) is 1. The Bertz CT molecular complexity index is 1400. The molecule has 5 heteroatoms. The third-order valence-electron chi connectivity index (χ3n) is 10.6. The number of Topliss-reactive ketones (excluding diaryl/α,β-unsaturated/α-hetero) is 1. The highest BCUT2D eigenvalue weighted by Crippen LogP contribution is 2.53. The lowest BCUT2D eigenvalue weighted by Crippen LogP contribution is -2.60. The first-order valence-corrected chi connectivity index (χ1v) is 14.7. The maximum Gasteiger partial charge on any atom is 0.191 e. The zero-order chi connectivity index (χ0) is 26.9. The van der Waals surface area contributed by atoms with E-state index in [2.05, 4.69) is 61.5 Å². The minimum atomic E-state index is -0.316. The Morgan fingerprint density at radius 3 is 2.42 bits per heavy atom. The predicted molar refractivity (Wildman–Crippen MR) is 153 cm³/mol. The number of hydrogen-bond donors (Lipinski definition) is 1. The Balaban J connectivity index is 1.36. The summed E-state index contributed by atoms with van der Waals surface area (Å²) in [6, 6.07) is 7.88. The van der Waals surface area contributed by atoms with Crippen molar-refractivity contribution in [2.45, 2.75) is 90.5 Å². The summed E-state index contributed by atoms with van der Waals surface area (Å²) in [6.07, 6.45) is 10.9. The molecule has 1 aromatic heterocycles. The lowest BCUT2D eigenvalue weighted by Gasteiger charge is -2.55. The van der Waals surface area contributed by atoms with Crippen LogP contribution in [0.25, 0.3) is 10.9 Å². The molecule has 200 valence electrons. The van der Waals surface area contributed by atoms with Crippen molar-refractivity contribution in [1.29, 1.82) is 5.26 Å². The fourth-order valence-electron chi connectivity index (χ4n) is 7.97. The van der Waals surface area contributed by atoms with Crippen LogP contribution < -0.4 is 0 Å². The van der Waals surface area contributed by atoms with Crippen LogP contribution >= 0.6 is 0 Å². The Morgan fingerprint density at radius 1 is 1.08 bits per heavy atom. The number of nitriles is 1. The number of piperazine rings is 1. The lowest BCUT2D eigenvalue weighted by molar-refractivity contribution is -0.0226. The summed E-state index contributed by atoms with van der Waals surface area (Å²) in [5.74, 6) is 0.163. The average Bonchev–Trinajstić information content (AvgIpc) is 3.29. The number of hydrogen-bond acceptors (Lipinski definition) is 4. The number of aromatic nitrogens is 1. The van der Waals surface area contributed by atoms with Crippen LogP contribution in [0.15, 0.2) is 41.1 Å². The highest BCUT2D eigenvalue weighted by molar-refractivity contribution is 6.19. The van der Waals surface area contributed by atoms with Gasteiger partial charge in [0.15, 0.2) is 5.78 Å². The second kappa shape index (κ2) is 8.85. The summed E-state index contributed by atoms with van der Waals surface area (Å²) in [5.41, 5.74) is 6.95. The quantitative estimate of drug-likeness (QED) is 0.478. The van der Waals surface area contributed by atoms with Gasteiger partial charge in [-0.15, -0.1) is 0 Å². The fraction of sp³-hybridized carbons (Fsp3) is 0.576. The molecule has 3 aliphatic carbocycles. The van der Waals surface area contributed by atoms with Crippen LogP contribution in [0.1, 0.15) is 101 Å². The van der Waals surface area contributed by atoms with Gasteiger partial charge in [0.1, 0.15) is 0 Å². The van der Waals surface area contributed by atoms with Crippen LogP contribution in [-0.2, 0) is 5.41 Å². The van der Waals surface area contributed by atoms with Gasteiger partial charge in [-0.1, -0.05) is 47.1 Å². The minimum Gasteiger partial charge on any atom is -0.372 e. The highest BCUT2D eigenvalue weighted by atomic mass is 16.1. The Morgan fingerprint density at radius 2 is 1.82 bits per heavy atom. The van der Waals surface area contributed by atoms with Crippen LogP contribution in [0.2, 0.25) is 0 Å². The van der Waals surface area contributed by atoms with E-state index in [0.717, 1.165) is 66.8 Å². The van der Waals surface area contributed by atoms with Gasteiger partial charge in [-0.05, 0) is 62.3 Å². The van der Waals surface area contributed by atoms with E-state index in [1.165, 1.54) is 43.4 Å². The van der Waals surface area contributed by atoms with Gasteiger partial charge in [0.05, 0.1) is 17.2 Å². The Labute approximate surface area is 227 Å². The Kier molecular flexibility index (Phi) is 5.92. The lowest BCUT2D eigenvalue weighted by atomic mass is 9.62. The average molecular weight is 511 g/mol. The summed E-state index contributed by atoms with van der Waals surface area (Å²) in [6.45, 7) is 15.9. The van der Waals surface area contributed by atoms with E-state index < -0.39 is 0 Å². The zero-order valence-electron chi connectivity index (χ0n) is 23.8. The van der Waals surface area contributed by atoms with E-state index in [4.69, 9.17) is 0 Å². The number of allylic oxidation sites excluding steroid dienone is 4. The first-order valence-electron chi connectivity index (χ1n) is 14.7. The molecular weight excluding hydrogens is 468 g/mol. The largest absolute Gasteiger partial charge is 0.372 e. The van der Waals surface area contributed by atoms with E-state index >= 15 is 0 Å². The number of fused-ring (bicyclic) bond motifs is 3. The zero-order valence-corrected chi connectivity index (χ0v) is 23.8. The van der Waals surface area contributed by atoms with E-state index in [-0.39, 0.29) is 16.6 Å². The van der Waals surface area contributed by atoms with Crippen molar-refractivity contribution in [3.8, 4) is 6.07 Å². The molecule has 0 bridgehead atoms. The van der Waals surface area contributed by atoms with Crippen LogP contribution in [0.4, 0.5) is 0 Å². The van der Waals surface area contributed by atoms with Crippen LogP contribution in [0.5, 0.6) is 0 Å². The molecule has 1 aliphatic heterocycles. The van der Waals surface area contributed by atoms with Gasteiger partial charge in [0.2, 0.25) is 0 Å².